The molecule has 0 radical (unpaired) electrons. The van der Waals surface area contributed by atoms with Gasteiger partial charge in [0.1, 0.15) is 5.75 Å². The molecule has 0 bridgehead atoms. The molecule has 3 aromatic carbocycles. The number of nitrogens with one attached hydrogen (secondary N) is 1. The predicted molar refractivity (Wildman–Crippen MR) is 136 cm³/mol. The maximum Gasteiger partial charge on any atom is 0.314 e. The Labute approximate surface area is 207 Å². The standard InChI is InChI=1S/C27H23N3O4S/c1-32-23-13-12-17(14-24(23)33-2)15-25-27(28-26(31)35-25)30-21(19-10-6-7-11-22(19)34-27)16-20(29-30)18-8-4-3-5-9-18/h3-15,21H,16H2,1-2H3,(H,28,31)/b25-15-/t21-,27+/m0/s1. The largest absolute Gasteiger partial charge is 0.493 e. The molecule has 176 valence electrons. The van der Waals surface area contributed by atoms with Crippen molar-refractivity contribution in [1.82, 2.24) is 10.3 Å². The Kier molecular flexibility index (Phi) is 5.18. The number of hydrogen-bond acceptors (Lipinski definition) is 7. The molecule has 1 N–H and O–H groups in total. The summed E-state index contributed by atoms with van der Waals surface area (Å²) in [6.07, 6.45) is 2.64. The van der Waals surface area contributed by atoms with Crippen molar-refractivity contribution in [1.29, 1.82) is 0 Å². The number of rotatable bonds is 4. The van der Waals surface area contributed by atoms with Crippen LogP contribution >= 0.6 is 11.8 Å². The summed E-state index contributed by atoms with van der Waals surface area (Å²) in [4.78, 5) is 13.5. The van der Waals surface area contributed by atoms with Crippen LogP contribution in [-0.2, 0) is 0 Å². The second kappa shape index (κ2) is 8.39. The van der Waals surface area contributed by atoms with Crippen molar-refractivity contribution in [2.24, 2.45) is 5.10 Å². The number of hydrogen-bond donors (Lipinski definition) is 1. The molecule has 3 aliphatic rings. The van der Waals surface area contributed by atoms with Gasteiger partial charge in [-0.1, -0.05) is 54.6 Å². The number of carbonyl (C=O) groups is 1. The van der Waals surface area contributed by atoms with Gasteiger partial charge in [-0.3, -0.25) is 10.1 Å². The van der Waals surface area contributed by atoms with Crippen molar-refractivity contribution in [3.8, 4) is 17.2 Å². The lowest BCUT2D eigenvalue weighted by Gasteiger charge is -2.45. The van der Waals surface area contributed by atoms with E-state index in [9.17, 15) is 4.79 Å². The molecule has 0 aliphatic carbocycles. The average Bonchev–Trinajstić information content (AvgIpc) is 3.47. The van der Waals surface area contributed by atoms with Crippen LogP contribution in [0.1, 0.15) is 29.2 Å². The number of fused-ring (bicyclic) bond motifs is 4. The first-order valence-electron chi connectivity index (χ1n) is 11.3. The Morgan fingerprint density at radius 1 is 1.06 bits per heavy atom. The normalized spacial score (nSPS) is 23.4. The van der Waals surface area contributed by atoms with Crippen LogP contribution < -0.4 is 19.5 Å². The molecule has 0 unspecified atom stereocenters. The van der Waals surface area contributed by atoms with Gasteiger partial charge in [0, 0.05) is 12.0 Å². The summed E-state index contributed by atoms with van der Waals surface area (Å²) >= 11 is 1.11. The molecule has 8 heteroatoms. The van der Waals surface area contributed by atoms with E-state index >= 15 is 0 Å². The molecular formula is C27H23N3O4S. The van der Waals surface area contributed by atoms with Crippen LogP contribution in [0.25, 0.3) is 6.08 Å². The molecule has 2 atom stereocenters. The highest BCUT2D eigenvalue weighted by Crippen LogP contribution is 2.52. The Hall–Kier alpha value is -3.91. The van der Waals surface area contributed by atoms with E-state index in [2.05, 4.69) is 23.5 Å². The van der Waals surface area contributed by atoms with E-state index in [1.165, 1.54) is 0 Å². The number of benzene rings is 3. The molecule has 3 aromatic rings. The minimum absolute atomic E-state index is 0.0806. The van der Waals surface area contributed by atoms with E-state index < -0.39 is 5.85 Å². The first-order chi connectivity index (χ1) is 17.1. The highest BCUT2D eigenvalue weighted by Gasteiger charge is 2.58. The molecule has 0 saturated carbocycles. The average molecular weight is 486 g/mol. The van der Waals surface area contributed by atoms with Crippen LogP contribution in [0.15, 0.2) is 82.8 Å². The summed E-state index contributed by atoms with van der Waals surface area (Å²) in [6.45, 7) is 0. The lowest BCUT2D eigenvalue weighted by atomic mass is 9.95. The van der Waals surface area contributed by atoms with Gasteiger partial charge in [0.05, 0.1) is 30.9 Å². The van der Waals surface area contributed by atoms with Crippen molar-refractivity contribution >= 4 is 28.8 Å². The number of nitrogens with zero attached hydrogens (tertiary/aromatic N) is 2. The van der Waals surface area contributed by atoms with E-state index in [0.717, 1.165) is 39.9 Å². The van der Waals surface area contributed by atoms with Crippen LogP contribution in [0.4, 0.5) is 4.79 Å². The van der Waals surface area contributed by atoms with Crippen molar-refractivity contribution < 1.29 is 19.0 Å². The molecule has 3 aliphatic heterocycles. The van der Waals surface area contributed by atoms with E-state index in [-0.39, 0.29) is 11.3 Å². The minimum atomic E-state index is -1.25. The Bertz CT molecular complexity index is 1370. The quantitative estimate of drug-likeness (QED) is 0.534. The lowest BCUT2D eigenvalue weighted by Crippen LogP contribution is -2.61. The van der Waals surface area contributed by atoms with Gasteiger partial charge in [-0.05, 0) is 47.2 Å². The number of methoxy groups -OCH3 is 2. The first-order valence-corrected chi connectivity index (χ1v) is 12.1. The van der Waals surface area contributed by atoms with E-state index in [1.54, 1.807) is 14.2 Å². The molecule has 3 heterocycles. The smallest absolute Gasteiger partial charge is 0.314 e. The van der Waals surface area contributed by atoms with Gasteiger partial charge in [-0.25, -0.2) is 5.01 Å². The number of para-hydroxylation sites is 1. The van der Waals surface area contributed by atoms with Gasteiger partial charge in [0.2, 0.25) is 0 Å². The third kappa shape index (κ3) is 3.52. The highest BCUT2D eigenvalue weighted by molar-refractivity contribution is 8.17. The Balaban J connectivity index is 1.49. The van der Waals surface area contributed by atoms with Crippen molar-refractivity contribution in [2.45, 2.75) is 18.3 Å². The molecular weight excluding hydrogens is 462 g/mol. The zero-order chi connectivity index (χ0) is 24.0. The topological polar surface area (TPSA) is 72.4 Å². The summed E-state index contributed by atoms with van der Waals surface area (Å²) in [7, 11) is 3.20. The second-order valence-electron chi connectivity index (χ2n) is 8.40. The number of amides is 1. The minimum Gasteiger partial charge on any atom is -0.493 e. The predicted octanol–water partition coefficient (Wildman–Crippen LogP) is 5.40. The zero-order valence-electron chi connectivity index (χ0n) is 19.2. The maximum absolute atomic E-state index is 12.8. The molecule has 1 fully saturated rings. The fraction of sp³-hybridized carbons (Fsp3) is 0.185. The number of thioether (sulfide) groups is 1. The number of carbonyl (C=O) groups excluding carboxylic acids is 1. The van der Waals surface area contributed by atoms with Crippen LogP contribution in [0, 0.1) is 0 Å². The van der Waals surface area contributed by atoms with Crippen LogP contribution in [0.5, 0.6) is 17.2 Å². The molecule has 1 amide bonds. The fourth-order valence-corrected chi connectivity index (χ4v) is 5.67. The Morgan fingerprint density at radius 2 is 1.83 bits per heavy atom. The van der Waals surface area contributed by atoms with Gasteiger partial charge in [0.25, 0.3) is 5.24 Å². The summed E-state index contributed by atoms with van der Waals surface area (Å²) < 4.78 is 17.4. The molecule has 7 nitrogen and oxygen atoms in total. The molecule has 6 rings (SSSR count). The van der Waals surface area contributed by atoms with Crippen LogP contribution in [0.2, 0.25) is 0 Å². The van der Waals surface area contributed by atoms with Crippen molar-refractivity contribution in [2.75, 3.05) is 14.2 Å². The SMILES string of the molecule is COc1ccc(/C=C2\SC(=O)N[C@]23Oc2ccccc2[C@@H]2CC(c4ccccc4)=NN23)cc1OC. The van der Waals surface area contributed by atoms with Gasteiger partial charge < -0.3 is 14.2 Å². The number of ether oxygens (including phenoxy) is 3. The molecule has 0 aromatic heterocycles. The van der Waals surface area contributed by atoms with Crippen LogP contribution in [-0.4, -0.2) is 36.0 Å². The summed E-state index contributed by atoms with van der Waals surface area (Å²) in [5.74, 6) is 0.734. The fourth-order valence-electron chi connectivity index (χ4n) is 4.76. The molecule has 1 spiro atoms. The van der Waals surface area contributed by atoms with Gasteiger partial charge in [0.15, 0.2) is 11.5 Å². The van der Waals surface area contributed by atoms with E-state index in [0.29, 0.717) is 22.8 Å². The second-order valence-corrected chi connectivity index (χ2v) is 9.41. The molecule has 35 heavy (non-hydrogen) atoms. The van der Waals surface area contributed by atoms with Crippen molar-refractivity contribution in [3.63, 3.8) is 0 Å². The first kappa shape index (κ1) is 21.6. The van der Waals surface area contributed by atoms with E-state index in [4.69, 9.17) is 19.3 Å². The zero-order valence-corrected chi connectivity index (χ0v) is 20.0. The maximum atomic E-state index is 12.8. The lowest BCUT2D eigenvalue weighted by molar-refractivity contribution is -0.0949. The van der Waals surface area contributed by atoms with Gasteiger partial charge >= 0.3 is 5.85 Å². The molecule has 1 saturated heterocycles. The summed E-state index contributed by atoms with van der Waals surface area (Å²) in [5.41, 5.74) is 3.90. The van der Waals surface area contributed by atoms with Gasteiger partial charge in [-0.2, -0.15) is 5.10 Å². The summed E-state index contributed by atoms with van der Waals surface area (Å²) in [6, 6.07) is 23.6. The third-order valence-electron chi connectivity index (χ3n) is 6.39. The highest BCUT2D eigenvalue weighted by atomic mass is 32.2. The summed E-state index contributed by atoms with van der Waals surface area (Å²) in [5, 5.41) is 9.79. The monoisotopic (exact) mass is 485 g/mol. The number of hydrazone groups is 1. The van der Waals surface area contributed by atoms with E-state index in [1.807, 2.05) is 65.7 Å². The van der Waals surface area contributed by atoms with Crippen LogP contribution in [0.3, 0.4) is 0 Å². The third-order valence-corrected chi connectivity index (χ3v) is 7.29. The van der Waals surface area contributed by atoms with Gasteiger partial charge in [-0.15, -0.1) is 0 Å². The van der Waals surface area contributed by atoms with Crippen molar-refractivity contribution in [3.05, 3.63) is 94.4 Å². The Morgan fingerprint density at radius 3 is 2.63 bits per heavy atom.